The molecule has 1 aliphatic heterocycles. The van der Waals surface area contributed by atoms with E-state index in [0.29, 0.717) is 36.4 Å². The molecule has 0 aromatic carbocycles. The van der Waals surface area contributed by atoms with Crippen LogP contribution in [0.4, 0.5) is 0 Å². The van der Waals surface area contributed by atoms with Crippen LogP contribution in [0.15, 0.2) is 0 Å². The van der Waals surface area contributed by atoms with E-state index in [4.69, 9.17) is 10.5 Å². The van der Waals surface area contributed by atoms with Crippen LogP contribution >= 0.6 is 0 Å². The molecule has 3 rings (SSSR count). The first kappa shape index (κ1) is 14.3. The molecule has 2 saturated carbocycles. The summed E-state index contributed by atoms with van der Waals surface area (Å²) in [6.45, 7) is 1.51. The molecule has 0 aromatic rings. The van der Waals surface area contributed by atoms with Crippen molar-refractivity contribution in [2.24, 2.45) is 11.7 Å². The van der Waals surface area contributed by atoms with Crippen LogP contribution in [-0.4, -0.2) is 42.1 Å². The standard InChI is InChI=1S/C16H28N2O2/c17-13-5-3-4-12(10-13)11-16(19)18-8-9-20-15-7-2-1-6-14(15)18/h12-15H,1-11,17H2. The largest absolute Gasteiger partial charge is 0.374 e. The first-order valence-electron chi connectivity index (χ1n) is 8.40. The highest BCUT2D eigenvalue weighted by Gasteiger charge is 2.37. The fourth-order valence-corrected chi connectivity index (χ4v) is 4.29. The predicted octanol–water partition coefficient (Wildman–Crippen LogP) is 2.06. The summed E-state index contributed by atoms with van der Waals surface area (Å²) in [5, 5.41) is 0. The summed E-state index contributed by atoms with van der Waals surface area (Å²) in [6.07, 6.45) is 10.3. The molecule has 1 heterocycles. The van der Waals surface area contributed by atoms with Crippen molar-refractivity contribution in [1.82, 2.24) is 4.90 Å². The summed E-state index contributed by atoms with van der Waals surface area (Å²) < 4.78 is 5.86. The van der Waals surface area contributed by atoms with Crippen molar-refractivity contribution >= 4 is 5.91 Å². The molecule has 4 heteroatoms. The molecule has 0 bridgehead atoms. The second kappa shape index (κ2) is 6.44. The number of carbonyl (C=O) groups excluding carboxylic acids is 1. The van der Waals surface area contributed by atoms with Crippen LogP contribution < -0.4 is 5.73 Å². The van der Waals surface area contributed by atoms with Gasteiger partial charge in [-0.15, -0.1) is 0 Å². The number of morpholine rings is 1. The van der Waals surface area contributed by atoms with E-state index in [9.17, 15) is 4.79 Å². The minimum atomic E-state index is 0.301. The number of hydrogen-bond acceptors (Lipinski definition) is 3. The van der Waals surface area contributed by atoms with Gasteiger partial charge in [-0.2, -0.15) is 0 Å². The number of fused-ring (bicyclic) bond motifs is 1. The molecule has 0 radical (unpaired) electrons. The van der Waals surface area contributed by atoms with Crippen molar-refractivity contribution in [1.29, 1.82) is 0 Å². The number of ether oxygens (including phenoxy) is 1. The van der Waals surface area contributed by atoms with Gasteiger partial charge in [0, 0.05) is 19.0 Å². The van der Waals surface area contributed by atoms with Crippen molar-refractivity contribution in [2.45, 2.75) is 76.0 Å². The highest BCUT2D eigenvalue weighted by molar-refractivity contribution is 5.77. The van der Waals surface area contributed by atoms with Gasteiger partial charge in [-0.1, -0.05) is 19.3 Å². The number of hydrogen-bond donors (Lipinski definition) is 1. The van der Waals surface area contributed by atoms with Gasteiger partial charge in [-0.3, -0.25) is 4.79 Å². The third kappa shape index (κ3) is 3.17. The van der Waals surface area contributed by atoms with Gasteiger partial charge in [0.2, 0.25) is 5.91 Å². The maximum Gasteiger partial charge on any atom is 0.223 e. The highest BCUT2D eigenvalue weighted by atomic mass is 16.5. The van der Waals surface area contributed by atoms with Crippen LogP contribution in [-0.2, 0) is 9.53 Å². The van der Waals surface area contributed by atoms with E-state index >= 15 is 0 Å². The number of carbonyl (C=O) groups is 1. The molecule has 114 valence electrons. The Morgan fingerprint density at radius 3 is 2.85 bits per heavy atom. The van der Waals surface area contributed by atoms with E-state index in [0.717, 1.165) is 38.8 Å². The number of rotatable bonds is 2. The molecule has 1 saturated heterocycles. The van der Waals surface area contributed by atoms with E-state index in [1.807, 2.05) is 0 Å². The van der Waals surface area contributed by atoms with E-state index in [-0.39, 0.29) is 0 Å². The molecule has 0 spiro atoms. The van der Waals surface area contributed by atoms with E-state index in [2.05, 4.69) is 4.90 Å². The summed E-state index contributed by atoms with van der Waals surface area (Å²) >= 11 is 0. The van der Waals surface area contributed by atoms with Crippen molar-refractivity contribution < 1.29 is 9.53 Å². The zero-order valence-electron chi connectivity index (χ0n) is 12.4. The van der Waals surface area contributed by atoms with Crippen LogP contribution in [0.5, 0.6) is 0 Å². The molecule has 20 heavy (non-hydrogen) atoms. The lowest BCUT2D eigenvalue weighted by Crippen LogP contribution is -2.55. The normalized spacial score (nSPS) is 38.4. The SMILES string of the molecule is NC1CCCC(CC(=O)N2CCOC3CCCCC32)C1. The molecule has 4 nitrogen and oxygen atoms in total. The lowest BCUT2D eigenvalue weighted by Gasteiger charge is -2.44. The Morgan fingerprint density at radius 2 is 2.00 bits per heavy atom. The molecule has 3 fully saturated rings. The zero-order chi connectivity index (χ0) is 13.9. The quantitative estimate of drug-likeness (QED) is 0.842. The van der Waals surface area contributed by atoms with Gasteiger partial charge >= 0.3 is 0 Å². The number of amides is 1. The van der Waals surface area contributed by atoms with Gasteiger partial charge in [0.1, 0.15) is 0 Å². The molecular weight excluding hydrogens is 252 g/mol. The van der Waals surface area contributed by atoms with E-state index < -0.39 is 0 Å². The van der Waals surface area contributed by atoms with E-state index in [1.165, 1.54) is 25.7 Å². The second-order valence-corrected chi connectivity index (χ2v) is 6.85. The predicted molar refractivity (Wildman–Crippen MR) is 78.3 cm³/mol. The van der Waals surface area contributed by atoms with Crippen LogP contribution in [0.2, 0.25) is 0 Å². The molecule has 1 amide bonds. The van der Waals surface area contributed by atoms with Gasteiger partial charge < -0.3 is 15.4 Å². The summed E-state index contributed by atoms with van der Waals surface area (Å²) in [5.41, 5.74) is 6.04. The summed E-state index contributed by atoms with van der Waals surface area (Å²) in [7, 11) is 0. The van der Waals surface area contributed by atoms with Crippen LogP contribution in [0, 0.1) is 5.92 Å². The zero-order valence-corrected chi connectivity index (χ0v) is 12.4. The molecule has 4 atom stereocenters. The molecule has 2 N–H and O–H groups in total. The first-order chi connectivity index (χ1) is 9.74. The molecule has 3 aliphatic rings. The Bertz CT molecular complexity index is 345. The van der Waals surface area contributed by atoms with Crippen LogP contribution in [0.3, 0.4) is 0 Å². The van der Waals surface area contributed by atoms with Crippen molar-refractivity contribution in [3.8, 4) is 0 Å². The minimum Gasteiger partial charge on any atom is -0.374 e. The first-order valence-corrected chi connectivity index (χ1v) is 8.40. The Morgan fingerprint density at radius 1 is 1.15 bits per heavy atom. The monoisotopic (exact) mass is 280 g/mol. The lowest BCUT2D eigenvalue weighted by molar-refractivity contribution is -0.150. The van der Waals surface area contributed by atoms with Gasteiger partial charge in [0.05, 0.1) is 18.8 Å². The fourth-order valence-electron chi connectivity index (χ4n) is 4.29. The molecular formula is C16H28N2O2. The topological polar surface area (TPSA) is 55.6 Å². The molecule has 0 aromatic heterocycles. The van der Waals surface area contributed by atoms with Crippen molar-refractivity contribution in [3.05, 3.63) is 0 Å². The van der Waals surface area contributed by atoms with Crippen LogP contribution in [0.25, 0.3) is 0 Å². The molecule has 2 aliphatic carbocycles. The summed E-state index contributed by atoms with van der Waals surface area (Å²) in [4.78, 5) is 14.8. The molecule has 4 unspecified atom stereocenters. The second-order valence-electron chi connectivity index (χ2n) is 6.85. The summed E-state index contributed by atoms with van der Waals surface area (Å²) in [5.74, 6) is 0.862. The Hall–Kier alpha value is -0.610. The Kier molecular flexibility index (Phi) is 4.61. The third-order valence-corrected chi connectivity index (χ3v) is 5.34. The average Bonchev–Trinajstić information content (AvgIpc) is 2.46. The van der Waals surface area contributed by atoms with Gasteiger partial charge in [0.15, 0.2) is 0 Å². The lowest BCUT2D eigenvalue weighted by atomic mass is 9.83. The average molecular weight is 280 g/mol. The van der Waals surface area contributed by atoms with Crippen molar-refractivity contribution in [3.63, 3.8) is 0 Å². The number of nitrogens with two attached hydrogens (primary N) is 1. The highest BCUT2D eigenvalue weighted by Crippen LogP contribution is 2.31. The van der Waals surface area contributed by atoms with Gasteiger partial charge in [-0.05, 0) is 38.0 Å². The maximum atomic E-state index is 12.7. The maximum absolute atomic E-state index is 12.7. The Balaban J connectivity index is 1.57. The smallest absolute Gasteiger partial charge is 0.223 e. The number of nitrogens with zero attached hydrogens (tertiary/aromatic N) is 1. The van der Waals surface area contributed by atoms with Gasteiger partial charge in [0.25, 0.3) is 0 Å². The minimum absolute atomic E-state index is 0.301. The van der Waals surface area contributed by atoms with E-state index in [1.54, 1.807) is 0 Å². The Labute approximate surface area is 122 Å². The van der Waals surface area contributed by atoms with Gasteiger partial charge in [-0.25, -0.2) is 0 Å². The van der Waals surface area contributed by atoms with Crippen LogP contribution in [0.1, 0.15) is 57.8 Å². The third-order valence-electron chi connectivity index (χ3n) is 5.34. The van der Waals surface area contributed by atoms with Crippen molar-refractivity contribution in [2.75, 3.05) is 13.2 Å². The summed E-state index contributed by atoms with van der Waals surface area (Å²) in [6, 6.07) is 0.663. The fraction of sp³-hybridized carbons (Fsp3) is 0.938.